The second-order valence-corrected chi connectivity index (χ2v) is 6.18. The smallest absolute Gasteiger partial charge is 0.183 e. The van der Waals surface area contributed by atoms with Crippen molar-refractivity contribution in [1.29, 1.82) is 0 Å². The van der Waals surface area contributed by atoms with Crippen LogP contribution in [0.15, 0.2) is 37.3 Å². The van der Waals surface area contributed by atoms with Crippen LogP contribution < -0.4 is 10.2 Å². The molecular formula is C12H12BrClFN5OS. The second kappa shape index (κ2) is 8.47. The Morgan fingerprint density at radius 1 is 1.50 bits per heavy atom. The number of hydrogen-bond acceptors (Lipinski definition) is 6. The van der Waals surface area contributed by atoms with Crippen molar-refractivity contribution in [2.45, 2.75) is 5.03 Å². The van der Waals surface area contributed by atoms with E-state index >= 15 is 0 Å². The molecule has 22 heavy (non-hydrogen) atoms. The van der Waals surface area contributed by atoms with Crippen LogP contribution in [-0.4, -0.2) is 35.5 Å². The molecule has 2 rings (SSSR count). The van der Waals surface area contributed by atoms with E-state index in [1.54, 1.807) is 19.2 Å². The number of thioether (sulfide) groups is 1. The molecule has 0 amide bonds. The van der Waals surface area contributed by atoms with Crippen LogP contribution in [0, 0.1) is 5.82 Å². The second-order valence-electron chi connectivity index (χ2n) is 3.98. The molecule has 0 aliphatic heterocycles. The van der Waals surface area contributed by atoms with Gasteiger partial charge in [0.2, 0.25) is 0 Å². The van der Waals surface area contributed by atoms with Crippen molar-refractivity contribution in [3.8, 4) is 0 Å². The van der Waals surface area contributed by atoms with E-state index in [1.165, 1.54) is 17.8 Å². The van der Waals surface area contributed by atoms with Gasteiger partial charge in [0, 0.05) is 25.0 Å². The van der Waals surface area contributed by atoms with E-state index < -0.39 is 0 Å². The lowest BCUT2D eigenvalue weighted by Crippen LogP contribution is -2.15. The van der Waals surface area contributed by atoms with Crippen molar-refractivity contribution in [2.75, 3.05) is 24.7 Å². The molecule has 0 unspecified atom stereocenters. The molecule has 0 aliphatic rings. The van der Waals surface area contributed by atoms with Crippen molar-refractivity contribution < 1.29 is 9.02 Å². The predicted molar refractivity (Wildman–Crippen MR) is 89.1 cm³/mol. The number of amidine groups is 1. The Labute approximate surface area is 144 Å². The number of anilines is 1. The van der Waals surface area contributed by atoms with Gasteiger partial charge in [0.25, 0.3) is 0 Å². The Morgan fingerprint density at radius 2 is 2.32 bits per heavy atom. The van der Waals surface area contributed by atoms with Gasteiger partial charge in [-0.05, 0) is 56.2 Å². The molecular weight excluding hydrogens is 397 g/mol. The SMILES string of the molecule is CN=C(Nc1ccc(F)c(Br)c1)c1nonc1SCCNCl. The maximum Gasteiger partial charge on any atom is 0.183 e. The summed E-state index contributed by atoms with van der Waals surface area (Å²) in [7, 11) is 1.62. The standard InChI is InChI=1S/C12H12BrClFN5OS/c1-16-11(18-7-2-3-9(15)8(13)6-7)10-12(20-21-19-10)22-5-4-17-14/h2-3,6,17H,4-5H2,1H3,(H,16,18). The molecule has 0 fully saturated rings. The van der Waals surface area contributed by atoms with Gasteiger partial charge in [0.1, 0.15) is 5.82 Å². The van der Waals surface area contributed by atoms with Gasteiger partial charge in [0.15, 0.2) is 16.6 Å². The lowest BCUT2D eigenvalue weighted by molar-refractivity contribution is 0.298. The third-order valence-corrected chi connectivity index (χ3v) is 4.27. The fraction of sp³-hybridized carbons (Fsp3) is 0.250. The summed E-state index contributed by atoms with van der Waals surface area (Å²) >= 11 is 9.98. The Kier molecular flexibility index (Phi) is 6.62. The average Bonchev–Trinajstić information content (AvgIpc) is 2.97. The maximum absolute atomic E-state index is 13.3. The van der Waals surface area contributed by atoms with Crippen LogP contribution in [0.1, 0.15) is 5.69 Å². The van der Waals surface area contributed by atoms with Gasteiger partial charge in [-0.25, -0.2) is 13.9 Å². The fourth-order valence-corrected chi connectivity index (χ4v) is 2.88. The Hall–Kier alpha value is -1.16. The molecule has 0 bridgehead atoms. The molecule has 118 valence electrons. The Bertz CT molecular complexity index is 669. The Balaban J connectivity index is 2.15. The summed E-state index contributed by atoms with van der Waals surface area (Å²) in [6.07, 6.45) is 0. The average molecular weight is 409 g/mol. The van der Waals surface area contributed by atoms with Crippen LogP contribution in [0.4, 0.5) is 10.1 Å². The van der Waals surface area contributed by atoms with Crippen LogP contribution in [0.5, 0.6) is 0 Å². The molecule has 10 heteroatoms. The highest BCUT2D eigenvalue weighted by Crippen LogP contribution is 2.23. The number of nitrogens with zero attached hydrogens (tertiary/aromatic N) is 3. The zero-order valence-electron chi connectivity index (χ0n) is 11.4. The molecule has 0 atom stereocenters. The first-order valence-corrected chi connectivity index (χ1v) is 8.29. The fourth-order valence-electron chi connectivity index (χ4n) is 1.54. The molecule has 1 aromatic heterocycles. The predicted octanol–water partition coefficient (Wildman–Crippen LogP) is 3.30. The minimum absolute atomic E-state index is 0.339. The zero-order valence-corrected chi connectivity index (χ0v) is 14.6. The van der Waals surface area contributed by atoms with Gasteiger partial charge in [0.05, 0.1) is 4.47 Å². The van der Waals surface area contributed by atoms with Gasteiger partial charge >= 0.3 is 0 Å². The number of aromatic nitrogens is 2. The minimum Gasteiger partial charge on any atom is -0.339 e. The monoisotopic (exact) mass is 407 g/mol. The van der Waals surface area contributed by atoms with Crippen LogP contribution in [0.3, 0.4) is 0 Å². The minimum atomic E-state index is -0.339. The highest BCUT2D eigenvalue weighted by Gasteiger charge is 2.17. The van der Waals surface area contributed by atoms with E-state index in [2.05, 4.69) is 41.4 Å². The molecule has 6 nitrogen and oxygen atoms in total. The van der Waals surface area contributed by atoms with Crippen molar-refractivity contribution in [2.24, 2.45) is 4.99 Å². The van der Waals surface area contributed by atoms with Crippen molar-refractivity contribution in [1.82, 2.24) is 15.1 Å². The topological polar surface area (TPSA) is 75.3 Å². The summed E-state index contributed by atoms with van der Waals surface area (Å²) < 4.78 is 18.4. The van der Waals surface area contributed by atoms with E-state index in [-0.39, 0.29) is 5.82 Å². The number of rotatable bonds is 6. The lowest BCUT2D eigenvalue weighted by Gasteiger charge is -2.08. The number of aliphatic imine (C=N–C) groups is 1. The van der Waals surface area contributed by atoms with E-state index in [0.29, 0.717) is 39.0 Å². The lowest BCUT2D eigenvalue weighted by atomic mass is 10.3. The third-order valence-electron chi connectivity index (χ3n) is 2.52. The van der Waals surface area contributed by atoms with E-state index in [0.717, 1.165) is 0 Å². The highest BCUT2D eigenvalue weighted by atomic mass is 79.9. The maximum atomic E-state index is 13.3. The molecule has 1 heterocycles. The largest absolute Gasteiger partial charge is 0.339 e. The number of halogens is 3. The van der Waals surface area contributed by atoms with Crippen LogP contribution in [-0.2, 0) is 0 Å². The summed E-state index contributed by atoms with van der Waals surface area (Å²) in [4.78, 5) is 6.68. The quantitative estimate of drug-likeness (QED) is 0.251. The first-order chi connectivity index (χ1) is 10.7. The van der Waals surface area contributed by atoms with Gasteiger partial charge < -0.3 is 5.32 Å². The molecule has 2 aromatic rings. The number of benzene rings is 1. The van der Waals surface area contributed by atoms with Crippen molar-refractivity contribution >= 4 is 51.0 Å². The first kappa shape index (κ1) is 17.2. The van der Waals surface area contributed by atoms with E-state index in [4.69, 9.17) is 16.4 Å². The first-order valence-electron chi connectivity index (χ1n) is 6.13. The van der Waals surface area contributed by atoms with Gasteiger partial charge in [-0.15, -0.1) is 0 Å². The number of nitrogens with one attached hydrogen (secondary N) is 2. The van der Waals surface area contributed by atoms with Gasteiger partial charge in [-0.2, -0.15) is 0 Å². The van der Waals surface area contributed by atoms with E-state index in [9.17, 15) is 4.39 Å². The zero-order chi connectivity index (χ0) is 15.9. The molecule has 0 radical (unpaired) electrons. The van der Waals surface area contributed by atoms with Crippen LogP contribution in [0.2, 0.25) is 0 Å². The summed E-state index contributed by atoms with van der Waals surface area (Å²) in [5.74, 6) is 0.832. The highest BCUT2D eigenvalue weighted by molar-refractivity contribution is 9.10. The molecule has 0 saturated carbocycles. The van der Waals surface area contributed by atoms with Crippen molar-refractivity contribution in [3.63, 3.8) is 0 Å². The summed E-state index contributed by atoms with van der Waals surface area (Å²) in [6.45, 7) is 0.607. The summed E-state index contributed by atoms with van der Waals surface area (Å²) in [5, 5.41) is 11.4. The Morgan fingerprint density at radius 3 is 3.00 bits per heavy atom. The summed E-state index contributed by atoms with van der Waals surface area (Å²) in [6, 6.07) is 4.56. The van der Waals surface area contributed by atoms with Crippen molar-refractivity contribution in [3.05, 3.63) is 34.2 Å². The molecule has 2 N–H and O–H groups in total. The van der Waals surface area contributed by atoms with Gasteiger partial charge in [-0.3, -0.25) is 4.99 Å². The van der Waals surface area contributed by atoms with Crippen LogP contribution >= 0.6 is 39.5 Å². The normalized spacial score (nSPS) is 11.7. The molecule has 0 saturated heterocycles. The molecule has 0 spiro atoms. The summed E-state index contributed by atoms with van der Waals surface area (Å²) in [5.41, 5.74) is 1.15. The van der Waals surface area contributed by atoms with Gasteiger partial charge in [-0.1, -0.05) is 11.8 Å². The number of hydrogen-bond donors (Lipinski definition) is 2. The van der Waals surface area contributed by atoms with E-state index in [1.807, 2.05) is 0 Å². The third kappa shape index (κ3) is 4.42. The molecule has 0 aliphatic carbocycles. The molecule has 1 aromatic carbocycles. The van der Waals surface area contributed by atoms with Crippen LogP contribution in [0.25, 0.3) is 0 Å².